The van der Waals surface area contributed by atoms with Crippen molar-refractivity contribution in [1.29, 1.82) is 0 Å². The van der Waals surface area contributed by atoms with E-state index in [-0.39, 0.29) is 29.4 Å². The van der Waals surface area contributed by atoms with E-state index in [1.165, 1.54) is 12.8 Å². The van der Waals surface area contributed by atoms with Crippen LogP contribution in [-0.4, -0.2) is 17.9 Å². The van der Waals surface area contributed by atoms with Crippen LogP contribution in [0.25, 0.3) is 11.0 Å². The number of ether oxygens (including phenoxy) is 1. The molecule has 0 saturated heterocycles. The minimum absolute atomic E-state index is 0.00928. The normalized spacial score (nSPS) is 18.5. The molecule has 2 saturated carbocycles. The Kier molecular flexibility index (Phi) is 5.97. The van der Waals surface area contributed by atoms with Crippen LogP contribution in [0.5, 0.6) is 5.75 Å². The fourth-order valence-corrected chi connectivity index (χ4v) is 4.36. The van der Waals surface area contributed by atoms with Crippen LogP contribution < -0.4 is 15.7 Å². The van der Waals surface area contributed by atoms with Gasteiger partial charge in [-0.1, -0.05) is 38.5 Å². The first-order valence-electron chi connectivity index (χ1n) is 10.7. The van der Waals surface area contributed by atoms with E-state index in [2.05, 4.69) is 5.32 Å². The van der Waals surface area contributed by atoms with Gasteiger partial charge in [0.1, 0.15) is 16.9 Å². The molecule has 0 bridgehead atoms. The fourth-order valence-electron chi connectivity index (χ4n) is 4.36. The fraction of sp³-hybridized carbons (Fsp3) is 0.522. The summed E-state index contributed by atoms with van der Waals surface area (Å²) in [6.45, 7) is 0. The summed E-state index contributed by atoms with van der Waals surface area (Å²) in [5, 5.41) is 3.57. The molecule has 0 unspecified atom stereocenters. The maximum atomic E-state index is 12.5. The molecular weight excluding hydrogens is 370 g/mol. The lowest BCUT2D eigenvalue weighted by Crippen LogP contribution is -2.38. The van der Waals surface area contributed by atoms with Crippen molar-refractivity contribution in [3.8, 4) is 5.75 Å². The molecular formula is C23H27NO5. The third kappa shape index (κ3) is 4.69. The predicted molar refractivity (Wildman–Crippen MR) is 109 cm³/mol. The number of benzene rings is 1. The lowest BCUT2D eigenvalue weighted by Gasteiger charge is -2.22. The van der Waals surface area contributed by atoms with Gasteiger partial charge in [-0.05, 0) is 43.9 Å². The molecule has 1 aromatic heterocycles. The molecule has 6 nitrogen and oxygen atoms in total. The van der Waals surface area contributed by atoms with Crippen LogP contribution in [-0.2, 0) is 4.79 Å². The van der Waals surface area contributed by atoms with Crippen LogP contribution in [0.2, 0.25) is 0 Å². The standard InChI is InChI=1S/C23H27NO5/c25-21(24-17-9-5-2-6-10-17)19-13-16-11-12-18(14-20(16)29-23(19)27)28-22(26)15-7-3-1-4-8-15/h11-15,17H,1-10H2,(H,24,25). The van der Waals surface area contributed by atoms with E-state index < -0.39 is 5.63 Å². The molecule has 4 rings (SSSR count). The maximum Gasteiger partial charge on any atom is 0.349 e. The molecule has 0 atom stereocenters. The molecule has 1 heterocycles. The smallest absolute Gasteiger partial charge is 0.349 e. The van der Waals surface area contributed by atoms with Gasteiger partial charge in [-0.2, -0.15) is 0 Å². The summed E-state index contributed by atoms with van der Waals surface area (Å²) in [6, 6.07) is 6.59. The van der Waals surface area contributed by atoms with Crippen LogP contribution in [0.3, 0.4) is 0 Å². The van der Waals surface area contributed by atoms with Crippen molar-refractivity contribution in [2.24, 2.45) is 5.92 Å². The van der Waals surface area contributed by atoms with E-state index in [4.69, 9.17) is 9.15 Å². The molecule has 1 amide bonds. The predicted octanol–water partition coefficient (Wildman–Crippen LogP) is 4.34. The van der Waals surface area contributed by atoms with Gasteiger partial charge in [0.05, 0.1) is 5.92 Å². The lowest BCUT2D eigenvalue weighted by atomic mass is 9.89. The summed E-state index contributed by atoms with van der Waals surface area (Å²) in [6.07, 6.45) is 10.3. The average molecular weight is 397 g/mol. The summed E-state index contributed by atoms with van der Waals surface area (Å²) in [5.41, 5.74) is -0.366. The van der Waals surface area contributed by atoms with Crippen molar-refractivity contribution in [3.63, 3.8) is 0 Å². The van der Waals surface area contributed by atoms with E-state index in [9.17, 15) is 14.4 Å². The summed E-state index contributed by atoms with van der Waals surface area (Å²) < 4.78 is 10.9. The van der Waals surface area contributed by atoms with Crippen molar-refractivity contribution >= 4 is 22.8 Å². The summed E-state index contributed by atoms with van der Waals surface area (Å²) >= 11 is 0. The number of carbonyl (C=O) groups excluding carboxylic acids is 2. The van der Waals surface area contributed by atoms with E-state index in [1.54, 1.807) is 24.3 Å². The minimum Gasteiger partial charge on any atom is -0.426 e. The average Bonchev–Trinajstić information content (AvgIpc) is 2.74. The molecule has 2 aliphatic rings. The molecule has 29 heavy (non-hydrogen) atoms. The third-order valence-corrected chi connectivity index (χ3v) is 6.05. The Bertz CT molecular complexity index is 951. The maximum absolute atomic E-state index is 12.5. The highest BCUT2D eigenvalue weighted by Crippen LogP contribution is 2.27. The molecule has 0 radical (unpaired) electrons. The molecule has 1 N–H and O–H groups in total. The van der Waals surface area contributed by atoms with Crippen LogP contribution in [0, 0.1) is 5.92 Å². The molecule has 2 aliphatic carbocycles. The largest absolute Gasteiger partial charge is 0.426 e. The summed E-state index contributed by atoms with van der Waals surface area (Å²) in [4.78, 5) is 37.2. The number of hydrogen-bond donors (Lipinski definition) is 1. The lowest BCUT2D eigenvalue weighted by molar-refractivity contribution is -0.139. The monoisotopic (exact) mass is 397 g/mol. The Morgan fingerprint density at radius 1 is 0.931 bits per heavy atom. The Morgan fingerprint density at radius 3 is 2.34 bits per heavy atom. The highest BCUT2D eigenvalue weighted by Gasteiger charge is 2.23. The number of carbonyl (C=O) groups is 2. The number of amides is 1. The van der Waals surface area contributed by atoms with Crippen molar-refractivity contribution in [3.05, 3.63) is 40.2 Å². The van der Waals surface area contributed by atoms with Gasteiger partial charge >= 0.3 is 11.6 Å². The van der Waals surface area contributed by atoms with Crippen LogP contribution in [0.1, 0.15) is 74.6 Å². The van der Waals surface area contributed by atoms with E-state index in [0.717, 1.165) is 51.4 Å². The molecule has 1 aromatic carbocycles. The van der Waals surface area contributed by atoms with E-state index >= 15 is 0 Å². The summed E-state index contributed by atoms with van der Waals surface area (Å²) in [5.74, 6) is -0.317. The second-order valence-electron chi connectivity index (χ2n) is 8.21. The first-order valence-corrected chi connectivity index (χ1v) is 10.7. The van der Waals surface area contributed by atoms with Gasteiger partial charge in [0, 0.05) is 17.5 Å². The van der Waals surface area contributed by atoms with Gasteiger partial charge in [0.25, 0.3) is 5.91 Å². The van der Waals surface area contributed by atoms with Gasteiger partial charge in [0.2, 0.25) is 0 Å². The highest BCUT2D eigenvalue weighted by atomic mass is 16.5. The molecule has 2 fully saturated rings. The van der Waals surface area contributed by atoms with Crippen LogP contribution in [0.4, 0.5) is 0 Å². The van der Waals surface area contributed by atoms with Gasteiger partial charge in [-0.15, -0.1) is 0 Å². The quantitative estimate of drug-likeness (QED) is 0.471. The Hall–Kier alpha value is -2.63. The molecule has 0 spiro atoms. The van der Waals surface area contributed by atoms with Crippen molar-refractivity contribution in [2.75, 3.05) is 0 Å². The number of rotatable bonds is 4. The molecule has 2 aromatic rings. The second-order valence-corrected chi connectivity index (χ2v) is 8.21. The topological polar surface area (TPSA) is 85.6 Å². The minimum atomic E-state index is -0.679. The molecule has 0 aliphatic heterocycles. The van der Waals surface area contributed by atoms with Gasteiger partial charge < -0.3 is 14.5 Å². The van der Waals surface area contributed by atoms with Crippen molar-refractivity contribution in [1.82, 2.24) is 5.32 Å². The highest BCUT2D eigenvalue weighted by molar-refractivity contribution is 5.97. The summed E-state index contributed by atoms with van der Waals surface area (Å²) in [7, 11) is 0. The van der Waals surface area contributed by atoms with Gasteiger partial charge in [-0.25, -0.2) is 4.79 Å². The zero-order valence-electron chi connectivity index (χ0n) is 16.6. The van der Waals surface area contributed by atoms with Crippen molar-refractivity contribution < 1.29 is 18.7 Å². The zero-order valence-corrected chi connectivity index (χ0v) is 16.6. The number of hydrogen-bond acceptors (Lipinski definition) is 5. The van der Waals surface area contributed by atoms with E-state index in [1.807, 2.05) is 0 Å². The van der Waals surface area contributed by atoms with Gasteiger partial charge in [-0.3, -0.25) is 9.59 Å². The Morgan fingerprint density at radius 2 is 1.62 bits per heavy atom. The zero-order chi connectivity index (χ0) is 20.2. The number of esters is 1. The van der Waals surface area contributed by atoms with Crippen molar-refractivity contribution in [2.45, 2.75) is 70.3 Å². The van der Waals surface area contributed by atoms with Crippen LogP contribution in [0.15, 0.2) is 33.5 Å². The molecule has 154 valence electrons. The SMILES string of the molecule is O=C(NC1CCCCC1)c1cc2ccc(OC(=O)C3CCCCC3)cc2oc1=O. The third-order valence-electron chi connectivity index (χ3n) is 6.05. The van der Waals surface area contributed by atoms with Crippen LogP contribution >= 0.6 is 0 Å². The van der Waals surface area contributed by atoms with E-state index in [0.29, 0.717) is 16.7 Å². The first kappa shape index (κ1) is 19.7. The Labute approximate surface area is 169 Å². The molecule has 6 heteroatoms. The number of nitrogens with one attached hydrogen (secondary N) is 1. The number of fused-ring (bicyclic) bond motifs is 1. The Balaban J connectivity index is 1.49. The first-order chi connectivity index (χ1) is 14.1. The van der Waals surface area contributed by atoms with Gasteiger partial charge in [0.15, 0.2) is 0 Å². The second kappa shape index (κ2) is 8.80.